The van der Waals surface area contributed by atoms with Crippen LogP contribution in [0.2, 0.25) is 0 Å². The average Bonchev–Trinajstić information content (AvgIpc) is 2.45. The number of rotatable bonds is 10. The summed E-state index contributed by atoms with van der Waals surface area (Å²) in [4.78, 5) is 0. The van der Waals surface area contributed by atoms with Gasteiger partial charge in [-0.15, -0.1) is 0 Å². The van der Waals surface area contributed by atoms with Gasteiger partial charge in [0.15, 0.2) is 0 Å². The van der Waals surface area contributed by atoms with Crippen molar-refractivity contribution >= 4 is 0 Å². The number of unbranched alkanes of at least 4 members (excludes halogenated alkanes) is 3. The molecular formula is C17H35NO. The van der Waals surface area contributed by atoms with E-state index in [1.807, 2.05) is 0 Å². The van der Waals surface area contributed by atoms with Crippen LogP contribution in [-0.4, -0.2) is 25.3 Å². The molecule has 2 nitrogen and oxygen atoms in total. The van der Waals surface area contributed by atoms with Gasteiger partial charge in [0, 0.05) is 12.6 Å². The Hall–Kier alpha value is -0.0800. The summed E-state index contributed by atoms with van der Waals surface area (Å²) in [5.74, 6) is 0.889. The first kappa shape index (κ1) is 17.0. The number of hydrogen-bond acceptors (Lipinski definition) is 2. The van der Waals surface area contributed by atoms with E-state index in [9.17, 15) is 0 Å². The Morgan fingerprint density at radius 3 is 2.53 bits per heavy atom. The van der Waals surface area contributed by atoms with Gasteiger partial charge in [0.05, 0.1) is 6.10 Å². The van der Waals surface area contributed by atoms with E-state index in [1.54, 1.807) is 0 Å². The second-order valence-corrected chi connectivity index (χ2v) is 6.12. The highest BCUT2D eigenvalue weighted by Gasteiger charge is 2.29. The Morgan fingerprint density at radius 2 is 1.84 bits per heavy atom. The van der Waals surface area contributed by atoms with Crippen molar-refractivity contribution in [3.05, 3.63) is 0 Å². The molecule has 1 saturated carbocycles. The Kier molecular flexibility index (Phi) is 9.54. The van der Waals surface area contributed by atoms with E-state index in [-0.39, 0.29) is 0 Å². The lowest BCUT2D eigenvalue weighted by Crippen LogP contribution is -2.46. The summed E-state index contributed by atoms with van der Waals surface area (Å²) >= 11 is 0. The van der Waals surface area contributed by atoms with Gasteiger partial charge in [0.1, 0.15) is 0 Å². The molecule has 0 heterocycles. The first-order valence-corrected chi connectivity index (χ1v) is 8.66. The van der Waals surface area contributed by atoms with E-state index in [1.165, 1.54) is 57.8 Å². The topological polar surface area (TPSA) is 21.3 Å². The molecule has 3 atom stereocenters. The van der Waals surface area contributed by atoms with E-state index in [4.69, 9.17) is 4.74 Å². The summed E-state index contributed by atoms with van der Waals surface area (Å²) in [6.07, 6.45) is 12.2. The molecule has 1 aliphatic carbocycles. The van der Waals surface area contributed by atoms with Gasteiger partial charge < -0.3 is 10.1 Å². The summed E-state index contributed by atoms with van der Waals surface area (Å²) in [5.41, 5.74) is 0. The van der Waals surface area contributed by atoms with Gasteiger partial charge in [-0.25, -0.2) is 0 Å². The normalized spacial score (nSPS) is 27.6. The van der Waals surface area contributed by atoms with E-state index < -0.39 is 0 Å². The summed E-state index contributed by atoms with van der Waals surface area (Å²) in [7, 11) is 0. The van der Waals surface area contributed by atoms with Gasteiger partial charge in [0.25, 0.3) is 0 Å². The lowest BCUT2D eigenvalue weighted by atomic mass is 9.82. The van der Waals surface area contributed by atoms with Gasteiger partial charge in [-0.3, -0.25) is 0 Å². The Morgan fingerprint density at radius 1 is 1.00 bits per heavy atom. The summed E-state index contributed by atoms with van der Waals surface area (Å²) in [6.45, 7) is 8.93. The van der Waals surface area contributed by atoms with Gasteiger partial charge >= 0.3 is 0 Å². The molecule has 19 heavy (non-hydrogen) atoms. The highest BCUT2D eigenvalue weighted by Crippen LogP contribution is 2.29. The molecule has 0 amide bonds. The summed E-state index contributed by atoms with van der Waals surface area (Å²) in [6, 6.07) is 0.605. The zero-order chi connectivity index (χ0) is 13.9. The quantitative estimate of drug-likeness (QED) is 0.588. The highest BCUT2D eigenvalue weighted by atomic mass is 16.5. The van der Waals surface area contributed by atoms with E-state index >= 15 is 0 Å². The molecular weight excluding hydrogens is 234 g/mol. The summed E-state index contributed by atoms with van der Waals surface area (Å²) in [5, 5.41) is 3.69. The van der Waals surface area contributed by atoms with Crippen LogP contribution in [0.4, 0.5) is 0 Å². The maximum atomic E-state index is 6.21. The van der Waals surface area contributed by atoms with Gasteiger partial charge in [-0.2, -0.15) is 0 Å². The van der Waals surface area contributed by atoms with Gasteiger partial charge in [-0.1, -0.05) is 46.5 Å². The molecule has 0 radical (unpaired) electrons. The third-order valence-electron chi connectivity index (χ3n) is 4.46. The monoisotopic (exact) mass is 269 g/mol. The molecule has 0 aromatic rings. The molecule has 0 saturated heterocycles. The fraction of sp³-hybridized carbons (Fsp3) is 1.00. The standard InChI is InChI=1S/C17H35NO/c1-4-7-8-9-13-19-17-14-15(6-3)10-11-16(17)18-12-5-2/h15-18H,4-14H2,1-3H3. The van der Waals surface area contributed by atoms with Crippen molar-refractivity contribution in [1.82, 2.24) is 5.32 Å². The van der Waals surface area contributed by atoms with Crippen molar-refractivity contribution in [1.29, 1.82) is 0 Å². The van der Waals surface area contributed by atoms with E-state index in [2.05, 4.69) is 26.1 Å². The van der Waals surface area contributed by atoms with Crippen molar-refractivity contribution in [2.45, 2.75) is 90.7 Å². The predicted molar refractivity (Wildman–Crippen MR) is 83.6 cm³/mol. The minimum atomic E-state index is 0.465. The molecule has 2 heteroatoms. The molecule has 0 bridgehead atoms. The van der Waals surface area contributed by atoms with Crippen LogP contribution >= 0.6 is 0 Å². The second-order valence-electron chi connectivity index (χ2n) is 6.12. The highest BCUT2D eigenvalue weighted by molar-refractivity contribution is 4.85. The van der Waals surface area contributed by atoms with E-state index in [0.717, 1.165) is 19.1 Å². The molecule has 0 aliphatic heterocycles. The zero-order valence-corrected chi connectivity index (χ0v) is 13.4. The summed E-state index contributed by atoms with van der Waals surface area (Å²) < 4.78 is 6.21. The molecule has 1 aliphatic rings. The maximum Gasteiger partial charge on any atom is 0.0730 e. The fourth-order valence-electron chi connectivity index (χ4n) is 3.09. The Labute approximate surface area is 120 Å². The maximum absolute atomic E-state index is 6.21. The molecule has 0 aromatic heterocycles. The van der Waals surface area contributed by atoms with E-state index in [0.29, 0.717) is 12.1 Å². The van der Waals surface area contributed by atoms with Crippen LogP contribution in [-0.2, 0) is 4.74 Å². The number of hydrogen-bond donors (Lipinski definition) is 1. The third-order valence-corrected chi connectivity index (χ3v) is 4.46. The molecule has 1 rings (SSSR count). The minimum absolute atomic E-state index is 0.465. The number of nitrogens with one attached hydrogen (secondary N) is 1. The number of ether oxygens (including phenoxy) is 1. The molecule has 114 valence electrons. The first-order valence-electron chi connectivity index (χ1n) is 8.66. The van der Waals surface area contributed by atoms with Gasteiger partial charge in [-0.05, 0) is 44.6 Å². The largest absolute Gasteiger partial charge is 0.377 e. The molecule has 1 fully saturated rings. The molecule has 0 aromatic carbocycles. The first-order chi connectivity index (χ1) is 9.31. The van der Waals surface area contributed by atoms with Crippen LogP contribution in [0.25, 0.3) is 0 Å². The minimum Gasteiger partial charge on any atom is -0.377 e. The van der Waals surface area contributed by atoms with Crippen LogP contribution in [0.15, 0.2) is 0 Å². The van der Waals surface area contributed by atoms with Crippen molar-refractivity contribution in [3.8, 4) is 0 Å². The average molecular weight is 269 g/mol. The van der Waals surface area contributed by atoms with Crippen molar-refractivity contribution < 1.29 is 4.74 Å². The van der Waals surface area contributed by atoms with Crippen molar-refractivity contribution in [2.75, 3.05) is 13.2 Å². The van der Waals surface area contributed by atoms with Crippen LogP contribution < -0.4 is 5.32 Å². The zero-order valence-electron chi connectivity index (χ0n) is 13.4. The third kappa shape index (κ3) is 6.76. The predicted octanol–water partition coefficient (Wildman–Crippen LogP) is 4.53. The van der Waals surface area contributed by atoms with Crippen molar-refractivity contribution in [3.63, 3.8) is 0 Å². The Bertz CT molecular complexity index is 207. The smallest absolute Gasteiger partial charge is 0.0730 e. The van der Waals surface area contributed by atoms with Crippen LogP contribution in [0.5, 0.6) is 0 Å². The Balaban J connectivity index is 2.28. The molecule has 1 N–H and O–H groups in total. The lowest BCUT2D eigenvalue weighted by molar-refractivity contribution is -0.0119. The molecule has 0 spiro atoms. The second kappa shape index (κ2) is 10.7. The molecule has 3 unspecified atom stereocenters. The van der Waals surface area contributed by atoms with Crippen molar-refractivity contribution in [2.24, 2.45) is 5.92 Å². The lowest BCUT2D eigenvalue weighted by Gasteiger charge is -2.36. The van der Waals surface area contributed by atoms with Gasteiger partial charge in [0.2, 0.25) is 0 Å². The van der Waals surface area contributed by atoms with Crippen LogP contribution in [0.3, 0.4) is 0 Å². The fourth-order valence-corrected chi connectivity index (χ4v) is 3.09. The van der Waals surface area contributed by atoms with Crippen LogP contribution in [0, 0.1) is 5.92 Å². The SMILES string of the molecule is CCCCCCOC1CC(CC)CCC1NCCC. The van der Waals surface area contributed by atoms with Crippen LogP contribution in [0.1, 0.15) is 78.6 Å².